The third-order valence-corrected chi connectivity index (χ3v) is 3.84. The Morgan fingerprint density at radius 1 is 1.17 bits per heavy atom. The topological polar surface area (TPSA) is 110 Å². The minimum absolute atomic E-state index is 0.0318. The molecule has 0 bridgehead atoms. The van der Waals surface area contributed by atoms with Crippen LogP contribution in [0.2, 0.25) is 0 Å². The third kappa shape index (κ3) is 6.07. The Hall–Kier alpha value is -1.80. The van der Waals surface area contributed by atoms with Crippen molar-refractivity contribution >= 4 is 16.4 Å². The summed E-state index contributed by atoms with van der Waals surface area (Å²) < 4.78 is 40.3. The molecule has 1 rings (SSSR count). The van der Waals surface area contributed by atoms with E-state index in [0.29, 0.717) is 36.3 Å². The van der Waals surface area contributed by atoms with Crippen LogP contribution in [0, 0.1) is 19.3 Å². The van der Waals surface area contributed by atoms with Crippen LogP contribution in [-0.2, 0) is 15.2 Å². The quantitative estimate of drug-likeness (QED) is 0.550. The molecule has 0 aliphatic carbocycles. The molecule has 0 radical (unpaired) electrons. The van der Waals surface area contributed by atoms with Crippen LogP contribution < -0.4 is 8.92 Å². The van der Waals surface area contributed by atoms with Gasteiger partial charge in [0.15, 0.2) is 0 Å². The number of carboxylic acids is 1. The molecule has 0 saturated carbocycles. The molecule has 0 aliphatic heterocycles. The van der Waals surface area contributed by atoms with Crippen molar-refractivity contribution in [1.29, 1.82) is 0 Å². The smallest absolute Gasteiger partial charge is 0.446 e. The number of aliphatic carboxylic acids is 1. The molecular weight excluding hydrogens is 324 g/mol. The van der Waals surface area contributed by atoms with E-state index in [1.165, 1.54) is 6.07 Å². The number of aryl methyl sites for hydroxylation is 2. The fourth-order valence-electron chi connectivity index (χ4n) is 1.93. The van der Waals surface area contributed by atoms with Crippen molar-refractivity contribution < 1.29 is 31.8 Å². The highest BCUT2D eigenvalue weighted by atomic mass is 32.3. The van der Waals surface area contributed by atoms with Gasteiger partial charge in [-0.25, -0.2) is 0 Å². The van der Waals surface area contributed by atoms with E-state index >= 15 is 0 Å². The molecule has 0 atom stereocenters. The molecule has 0 spiro atoms. The Labute approximate surface area is 136 Å². The van der Waals surface area contributed by atoms with E-state index in [9.17, 15) is 13.2 Å². The highest BCUT2D eigenvalue weighted by Crippen LogP contribution is 2.29. The Morgan fingerprint density at radius 3 is 2.22 bits per heavy atom. The molecule has 2 N–H and O–H groups in total. The SMILES string of the molecule is Cc1cc(OS(=O)(=O)O)c(C)cc1OCCCC(C)(C)C(=O)O. The van der Waals surface area contributed by atoms with Gasteiger partial charge >= 0.3 is 16.4 Å². The number of carbonyl (C=O) groups is 1. The summed E-state index contributed by atoms with van der Waals surface area (Å²) in [7, 11) is -4.57. The zero-order valence-corrected chi connectivity index (χ0v) is 14.4. The third-order valence-electron chi connectivity index (χ3n) is 3.45. The van der Waals surface area contributed by atoms with Gasteiger partial charge in [-0.3, -0.25) is 9.35 Å². The molecule has 130 valence electrons. The van der Waals surface area contributed by atoms with E-state index in [4.69, 9.17) is 14.4 Å². The zero-order valence-electron chi connectivity index (χ0n) is 13.6. The summed E-state index contributed by atoms with van der Waals surface area (Å²) in [5.41, 5.74) is 0.336. The second-order valence-electron chi connectivity index (χ2n) is 6.04. The first-order valence-electron chi connectivity index (χ1n) is 7.07. The molecule has 1 aromatic rings. The molecule has 0 aromatic heterocycles. The predicted molar refractivity (Wildman–Crippen MR) is 84.2 cm³/mol. The van der Waals surface area contributed by atoms with E-state index in [2.05, 4.69) is 4.18 Å². The Balaban J connectivity index is 2.69. The molecule has 0 heterocycles. The predicted octanol–water partition coefficient (Wildman–Crippen LogP) is 2.75. The highest BCUT2D eigenvalue weighted by molar-refractivity contribution is 7.81. The lowest BCUT2D eigenvalue weighted by Crippen LogP contribution is -2.24. The van der Waals surface area contributed by atoms with Gasteiger partial charge in [0.2, 0.25) is 0 Å². The minimum Gasteiger partial charge on any atom is -0.493 e. The summed E-state index contributed by atoms with van der Waals surface area (Å²) in [4.78, 5) is 11.0. The molecule has 23 heavy (non-hydrogen) atoms. The van der Waals surface area contributed by atoms with Gasteiger partial charge in [-0.15, -0.1) is 0 Å². The van der Waals surface area contributed by atoms with Crippen LogP contribution in [0.4, 0.5) is 0 Å². The Bertz CT molecular complexity index is 677. The van der Waals surface area contributed by atoms with E-state index in [0.717, 1.165) is 0 Å². The van der Waals surface area contributed by atoms with Crippen molar-refractivity contribution in [3.63, 3.8) is 0 Å². The van der Waals surface area contributed by atoms with Crippen LogP contribution in [-0.4, -0.2) is 30.7 Å². The number of hydrogen-bond acceptors (Lipinski definition) is 5. The molecule has 0 amide bonds. The number of benzene rings is 1. The maximum Gasteiger partial charge on any atom is 0.446 e. The summed E-state index contributed by atoms with van der Waals surface area (Å²) in [5.74, 6) is -0.265. The van der Waals surface area contributed by atoms with Crippen molar-refractivity contribution in [1.82, 2.24) is 0 Å². The van der Waals surface area contributed by atoms with Crippen LogP contribution in [0.3, 0.4) is 0 Å². The summed E-state index contributed by atoms with van der Waals surface area (Å²) in [6.45, 7) is 7.00. The van der Waals surface area contributed by atoms with E-state index in [1.54, 1.807) is 33.8 Å². The normalized spacial score (nSPS) is 12.0. The van der Waals surface area contributed by atoms with Gasteiger partial charge in [-0.2, -0.15) is 8.42 Å². The maximum atomic E-state index is 11.0. The van der Waals surface area contributed by atoms with E-state index in [1.807, 2.05) is 0 Å². The van der Waals surface area contributed by atoms with Gasteiger partial charge in [0.1, 0.15) is 11.5 Å². The van der Waals surface area contributed by atoms with Gasteiger partial charge in [0, 0.05) is 0 Å². The Morgan fingerprint density at radius 2 is 1.70 bits per heavy atom. The standard InChI is InChI=1S/C15H22O7S/c1-10-9-13(22-23(18,19)20)11(2)8-12(10)21-7-5-6-15(3,4)14(16)17/h8-9H,5-7H2,1-4H3,(H,16,17)(H,18,19,20). The second kappa shape index (κ2) is 7.18. The van der Waals surface area contributed by atoms with Gasteiger partial charge in [-0.05, 0) is 63.8 Å². The number of carboxylic acid groups (broad SMARTS) is 1. The molecule has 1 aromatic carbocycles. The fourth-order valence-corrected chi connectivity index (χ4v) is 2.33. The van der Waals surface area contributed by atoms with E-state index < -0.39 is 21.8 Å². The summed E-state index contributed by atoms with van der Waals surface area (Å²) >= 11 is 0. The average molecular weight is 346 g/mol. The molecule has 0 fully saturated rings. The van der Waals surface area contributed by atoms with E-state index in [-0.39, 0.29) is 5.75 Å². The van der Waals surface area contributed by atoms with Crippen LogP contribution in [0.25, 0.3) is 0 Å². The molecule has 7 nitrogen and oxygen atoms in total. The molecule has 8 heteroatoms. The number of ether oxygens (including phenoxy) is 1. The van der Waals surface area contributed by atoms with Crippen molar-refractivity contribution in [3.8, 4) is 11.5 Å². The van der Waals surface area contributed by atoms with Crippen molar-refractivity contribution in [3.05, 3.63) is 23.3 Å². The van der Waals surface area contributed by atoms with Gasteiger partial charge in [0.25, 0.3) is 0 Å². The first kappa shape index (κ1) is 19.2. The van der Waals surface area contributed by atoms with Crippen LogP contribution in [0.1, 0.15) is 37.8 Å². The van der Waals surface area contributed by atoms with Crippen molar-refractivity contribution in [2.75, 3.05) is 6.61 Å². The first-order chi connectivity index (χ1) is 10.4. The first-order valence-corrected chi connectivity index (χ1v) is 8.43. The number of rotatable bonds is 8. The van der Waals surface area contributed by atoms with Gasteiger partial charge in [0.05, 0.1) is 12.0 Å². The van der Waals surface area contributed by atoms with Gasteiger partial charge < -0.3 is 14.0 Å². The molecule has 0 unspecified atom stereocenters. The van der Waals surface area contributed by atoms with Crippen LogP contribution >= 0.6 is 0 Å². The minimum atomic E-state index is -4.57. The molecular formula is C15H22O7S. The molecule has 0 saturated heterocycles. The number of hydrogen-bond donors (Lipinski definition) is 2. The van der Waals surface area contributed by atoms with Crippen LogP contribution in [0.5, 0.6) is 11.5 Å². The maximum absolute atomic E-state index is 11.0. The summed E-state index contributed by atoms with van der Waals surface area (Å²) in [6, 6.07) is 3.07. The van der Waals surface area contributed by atoms with Crippen molar-refractivity contribution in [2.45, 2.75) is 40.5 Å². The summed E-state index contributed by atoms with van der Waals surface area (Å²) in [5, 5.41) is 9.04. The Kier molecular flexibility index (Phi) is 6.01. The lowest BCUT2D eigenvalue weighted by molar-refractivity contribution is -0.147. The fraction of sp³-hybridized carbons (Fsp3) is 0.533. The lowest BCUT2D eigenvalue weighted by atomic mass is 9.88. The average Bonchev–Trinajstić information content (AvgIpc) is 2.38. The molecule has 0 aliphatic rings. The van der Waals surface area contributed by atoms with Crippen molar-refractivity contribution in [2.24, 2.45) is 5.41 Å². The highest BCUT2D eigenvalue weighted by Gasteiger charge is 2.26. The van der Waals surface area contributed by atoms with Crippen LogP contribution in [0.15, 0.2) is 12.1 Å². The second-order valence-corrected chi connectivity index (χ2v) is 7.06. The summed E-state index contributed by atoms with van der Waals surface area (Å²) in [6.07, 6.45) is 1.05. The largest absolute Gasteiger partial charge is 0.493 e. The lowest BCUT2D eigenvalue weighted by Gasteiger charge is -2.19. The zero-order chi connectivity index (χ0) is 17.8. The van der Waals surface area contributed by atoms with Gasteiger partial charge in [-0.1, -0.05) is 0 Å². The monoisotopic (exact) mass is 346 g/mol.